The van der Waals surface area contributed by atoms with E-state index < -0.39 is 0 Å². The van der Waals surface area contributed by atoms with Crippen molar-refractivity contribution in [3.63, 3.8) is 0 Å². The van der Waals surface area contributed by atoms with E-state index in [1.54, 1.807) is 0 Å². The maximum Gasteiger partial charge on any atom is 0.119 e. The molecule has 2 heterocycles. The van der Waals surface area contributed by atoms with Crippen LogP contribution in [0.5, 0.6) is 0 Å². The lowest BCUT2D eigenvalue weighted by atomic mass is 10.0. The van der Waals surface area contributed by atoms with Crippen molar-refractivity contribution in [1.29, 1.82) is 0 Å². The van der Waals surface area contributed by atoms with E-state index in [0.717, 1.165) is 11.0 Å². The quantitative estimate of drug-likeness (QED) is 0.572. The summed E-state index contributed by atoms with van der Waals surface area (Å²) in [5.74, 6) is 0. The average molecular weight is 250 g/mol. The third-order valence-corrected chi connectivity index (χ3v) is 3.71. The van der Waals surface area contributed by atoms with E-state index in [9.17, 15) is 0 Å². The molecule has 3 nitrogen and oxygen atoms in total. The van der Waals surface area contributed by atoms with E-state index in [-0.39, 0.29) is 0 Å². The van der Waals surface area contributed by atoms with Gasteiger partial charge < -0.3 is 9.64 Å². The van der Waals surface area contributed by atoms with Crippen LogP contribution in [0, 0.1) is 0 Å². The normalized spacial score (nSPS) is 14.9. The fourth-order valence-corrected chi connectivity index (χ4v) is 2.75. The number of benzene rings is 2. The van der Waals surface area contributed by atoms with Crippen molar-refractivity contribution in [2.45, 2.75) is 6.61 Å². The minimum atomic E-state index is 0.641. The summed E-state index contributed by atoms with van der Waals surface area (Å²) in [6.45, 7) is 1.29. The molecule has 2 aromatic carbocycles. The average Bonchev–Trinajstić information content (AvgIpc) is 2.45. The van der Waals surface area contributed by atoms with Gasteiger partial charge >= 0.3 is 0 Å². The molecule has 0 saturated carbocycles. The Balaban J connectivity index is 2.10. The van der Waals surface area contributed by atoms with E-state index in [4.69, 9.17) is 9.72 Å². The standard InChI is InChI=1S/C16H14N2O/c1-18-10-19-9-13-15(18)7-6-12-8-11-4-2-3-5-14(11)17-16(12)13/h2-8H,9-10H2,1H3. The van der Waals surface area contributed by atoms with Crippen molar-refractivity contribution >= 4 is 27.5 Å². The molecule has 4 rings (SSSR count). The van der Waals surface area contributed by atoms with Crippen molar-refractivity contribution in [2.24, 2.45) is 0 Å². The Labute approximate surface area is 111 Å². The first-order valence-corrected chi connectivity index (χ1v) is 6.43. The number of ether oxygens (including phenoxy) is 1. The Kier molecular flexibility index (Phi) is 2.23. The van der Waals surface area contributed by atoms with Crippen LogP contribution in [-0.4, -0.2) is 18.8 Å². The predicted octanol–water partition coefficient (Wildman–Crippen LogP) is 3.31. The summed E-state index contributed by atoms with van der Waals surface area (Å²) < 4.78 is 5.61. The summed E-state index contributed by atoms with van der Waals surface area (Å²) >= 11 is 0. The van der Waals surface area contributed by atoms with Gasteiger partial charge in [0.2, 0.25) is 0 Å². The Hall–Kier alpha value is -2.13. The highest BCUT2D eigenvalue weighted by molar-refractivity contribution is 5.96. The molecule has 1 aromatic heterocycles. The fraction of sp³-hybridized carbons (Fsp3) is 0.188. The van der Waals surface area contributed by atoms with Crippen molar-refractivity contribution in [3.05, 3.63) is 48.0 Å². The van der Waals surface area contributed by atoms with Crippen molar-refractivity contribution < 1.29 is 4.74 Å². The van der Waals surface area contributed by atoms with Gasteiger partial charge in [-0.1, -0.05) is 24.3 Å². The zero-order chi connectivity index (χ0) is 12.8. The molecule has 3 heteroatoms. The Bertz CT molecular complexity index is 782. The number of para-hydroxylation sites is 1. The molecule has 0 radical (unpaired) electrons. The lowest BCUT2D eigenvalue weighted by Crippen LogP contribution is -2.26. The number of fused-ring (bicyclic) bond motifs is 4. The summed E-state index contributed by atoms with van der Waals surface area (Å²) in [5, 5.41) is 2.36. The molecule has 1 aliphatic heterocycles. The molecular formula is C16H14N2O. The maximum absolute atomic E-state index is 5.61. The second-order valence-electron chi connectivity index (χ2n) is 4.99. The lowest BCUT2D eigenvalue weighted by Gasteiger charge is -2.28. The monoisotopic (exact) mass is 250 g/mol. The van der Waals surface area contributed by atoms with Crippen molar-refractivity contribution in [3.8, 4) is 0 Å². The largest absolute Gasteiger partial charge is 0.356 e. The first kappa shape index (κ1) is 10.8. The number of pyridine rings is 1. The van der Waals surface area contributed by atoms with Gasteiger partial charge in [-0.15, -0.1) is 0 Å². The lowest BCUT2D eigenvalue weighted by molar-refractivity contribution is 0.114. The van der Waals surface area contributed by atoms with Gasteiger partial charge in [-0.25, -0.2) is 4.98 Å². The predicted molar refractivity (Wildman–Crippen MR) is 77.3 cm³/mol. The molecule has 19 heavy (non-hydrogen) atoms. The smallest absolute Gasteiger partial charge is 0.119 e. The summed E-state index contributed by atoms with van der Waals surface area (Å²) in [6, 6.07) is 14.7. The fourth-order valence-electron chi connectivity index (χ4n) is 2.75. The summed E-state index contributed by atoms with van der Waals surface area (Å²) in [5.41, 5.74) is 4.51. The Morgan fingerprint density at radius 1 is 1.11 bits per heavy atom. The zero-order valence-corrected chi connectivity index (χ0v) is 10.8. The van der Waals surface area contributed by atoms with Gasteiger partial charge in [-0.2, -0.15) is 0 Å². The SMILES string of the molecule is CN1COCc2c1ccc1cc3ccccc3nc21. The molecule has 0 aliphatic carbocycles. The van der Waals surface area contributed by atoms with E-state index in [0.29, 0.717) is 13.3 Å². The van der Waals surface area contributed by atoms with E-state index in [1.807, 2.05) is 19.2 Å². The van der Waals surface area contributed by atoms with Crippen LogP contribution < -0.4 is 4.90 Å². The topological polar surface area (TPSA) is 25.4 Å². The van der Waals surface area contributed by atoms with Crippen LogP contribution in [0.2, 0.25) is 0 Å². The molecule has 0 unspecified atom stereocenters. The van der Waals surface area contributed by atoms with E-state index in [2.05, 4.69) is 35.2 Å². The van der Waals surface area contributed by atoms with Gasteiger partial charge in [-0.05, 0) is 18.2 Å². The molecular weight excluding hydrogens is 236 g/mol. The van der Waals surface area contributed by atoms with Crippen LogP contribution >= 0.6 is 0 Å². The molecule has 1 aliphatic rings. The maximum atomic E-state index is 5.61. The first-order chi connectivity index (χ1) is 9.33. The number of anilines is 1. The molecule has 94 valence electrons. The molecule has 0 spiro atoms. The molecule has 0 fully saturated rings. The number of nitrogens with zero attached hydrogens (tertiary/aromatic N) is 2. The summed E-state index contributed by atoms with van der Waals surface area (Å²) in [4.78, 5) is 6.94. The molecule has 0 amide bonds. The summed E-state index contributed by atoms with van der Waals surface area (Å²) in [6.07, 6.45) is 0. The number of hydrogen-bond donors (Lipinski definition) is 0. The van der Waals surface area contributed by atoms with E-state index >= 15 is 0 Å². The third kappa shape index (κ3) is 1.59. The highest BCUT2D eigenvalue weighted by Crippen LogP contribution is 2.32. The minimum Gasteiger partial charge on any atom is -0.356 e. The van der Waals surface area contributed by atoms with Crippen LogP contribution in [0.25, 0.3) is 21.8 Å². The van der Waals surface area contributed by atoms with Crippen LogP contribution in [0.4, 0.5) is 5.69 Å². The van der Waals surface area contributed by atoms with Gasteiger partial charge in [0.15, 0.2) is 0 Å². The van der Waals surface area contributed by atoms with Gasteiger partial charge in [0.05, 0.1) is 17.6 Å². The number of aromatic nitrogens is 1. The van der Waals surface area contributed by atoms with Gasteiger partial charge in [0.25, 0.3) is 0 Å². The minimum absolute atomic E-state index is 0.641. The molecule has 0 bridgehead atoms. The van der Waals surface area contributed by atoms with Crippen molar-refractivity contribution in [2.75, 3.05) is 18.7 Å². The zero-order valence-electron chi connectivity index (χ0n) is 10.8. The summed E-state index contributed by atoms with van der Waals surface area (Å²) in [7, 11) is 2.05. The molecule has 0 atom stereocenters. The van der Waals surface area contributed by atoms with Crippen LogP contribution in [0.1, 0.15) is 5.56 Å². The Morgan fingerprint density at radius 3 is 2.95 bits per heavy atom. The molecule has 0 saturated heterocycles. The van der Waals surface area contributed by atoms with Crippen LogP contribution in [-0.2, 0) is 11.3 Å². The number of hydrogen-bond acceptors (Lipinski definition) is 3. The second kappa shape index (κ2) is 3.93. The molecule has 3 aromatic rings. The van der Waals surface area contributed by atoms with Crippen LogP contribution in [0.3, 0.4) is 0 Å². The van der Waals surface area contributed by atoms with Crippen molar-refractivity contribution in [1.82, 2.24) is 4.98 Å². The van der Waals surface area contributed by atoms with Gasteiger partial charge in [0.1, 0.15) is 6.73 Å². The highest BCUT2D eigenvalue weighted by atomic mass is 16.5. The van der Waals surface area contributed by atoms with Crippen LogP contribution in [0.15, 0.2) is 42.5 Å². The second-order valence-corrected chi connectivity index (χ2v) is 4.99. The van der Waals surface area contributed by atoms with Gasteiger partial charge in [0, 0.05) is 29.1 Å². The highest BCUT2D eigenvalue weighted by Gasteiger charge is 2.17. The number of rotatable bonds is 0. The Morgan fingerprint density at radius 2 is 2.00 bits per heavy atom. The third-order valence-electron chi connectivity index (χ3n) is 3.71. The van der Waals surface area contributed by atoms with E-state index in [1.165, 1.54) is 22.0 Å². The van der Waals surface area contributed by atoms with Gasteiger partial charge in [-0.3, -0.25) is 0 Å². The first-order valence-electron chi connectivity index (χ1n) is 6.43. The molecule has 0 N–H and O–H groups in total.